The van der Waals surface area contributed by atoms with Gasteiger partial charge in [0.25, 0.3) is 0 Å². The molecule has 1 aliphatic rings. The molecular formula is C15H14O2. The topological polar surface area (TPSA) is 21.8 Å². The van der Waals surface area contributed by atoms with E-state index in [1.807, 2.05) is 36.4 Å². The Kier molecular flexibility index (Phi) is 2.57. The van der Waals surface area contributed by atoms with E-state index in [0.717, 1.165) is 5.75 Å². The molecule has 0 spiro atoms. The number of ether oxygens (including phenoxy) is 2. The van der Waals surface area contributed by atoms with Crippen molar-refractivity contribution in [2.24, 2.45) is 0 Å². The molecule has 3 rings (SSSR count). The molecule has 2 heteroatoms. The monoisotopic (exact) mass is 226 g/mol. The highest BCUT2D eigenvalue weighted by molar-refractivity contribution is 5.35. The minimum Gasteiger partial charge on any atom is -0.497 e. The molecule has 86 valence electrons. The fraction of sp³-hybridized carbons (Fsp3) is 0.200. The second-order valence-corrected chi connectivity index (χ2v) is 4.16. The number of hydrogen-bond donors (Lipinski definition) is 0. The van der Waals surface area contributed by atoms with E-state index in [1.54, 1.807) is 7.11 Å². The molecule has 2 aromatic rings. The first-order valence-corrected chi connectivity index (χ1v) is 5.73. The largest absolute Gasteiger partial charge is 0.497 e. The Balaban J connectivity index is 1.80. The van der Waals surface area contributed by atoms with Crippen LogP contribution in [0, 0.1) is 0 Å². The molecule has 0 saturated carbocycles. The van der Waals surface area contributed by atoms with E-state index in [4.69, 9.17) is 9.47 Å². The molecule has 1 saturated heterocycles. The lowest BCUT2D eigenvalue weighted by molar-refractivity contribution is 0.376. The normalized spacial score (nSPS) is 22.2. The van der Waals surface area contributed by atoms with Crippen molar-refractivity contribution in [3.05, 3.63) is 65.7 Å². The van der Waals surface area contributed by atoms with Crippen molar-refractivity contribution >= 4 is 0 Å². The molecule has 0 bridgehead atoms. The molecule has 1 heterocycles. The van der Waals surface area contributed by atoms with Crippen LogP contribution in [0.1, 0.15) is 23.3 Å². The molecule has 2 aromatic carbocycles. The van der Waals surface area contributed by atoms with Crippen molar-refractivity contribution in [3.63, 3.8) is 0 Å². The highest BCUT2D eigenvalue weighted by Crippen LogP contribution is 2.51. The summed E-state index contributed by atoms with van der Waals surface area (Å²) in [4.78, 5) is 0. The summed E-state index contributed by atoms with van der Waals surface area (Å²) in [7, 11) is 1.68. The average molecular weight is 226 g/mol. The van der Waals surface area contributed by atoms with Crippen molar-refractivity contribution in [1.29, 1.82) is 0 Å². The third-order valence-corrected chi connectivity index (χ3v) is 3.04. The fourth-order valence-corrected chi connectivity index (χ4v) is 2.08. The summed E-state index contributed by atoms with van der Waals surface area (Å²) in [6.07, 6.45) is 0.371. The van der Waals surface area contributed by atoms with Crippen LogP contribution in [0.3, 0.4) is 0 Å². The molecular weight excluding hydrogens is 212 g/mol. The first kappa shape index (κ1) is 10.4. The number of rotatable bonds is 3. The van der Waals surface area contributed by atoms with E-state index in [9.17, 15) is 0 Å². The highest BCUT2D eigenvalue weighted by Gasteiger charge is 2.41. The first-order chi connectivity index (χ1) is 8.38. The molecule has 1 fully saturated rings. The zero-order chi connectivity index (χ0) is 11.7. The summed E-state index contributed by atoms with van der Waals surface area (Å²) >= 11 is 0. The van der Waals surface area contributed by atoms with Gasteiger partial charge in [-0.05, 0) is 23.3 Å². The lowest BCUT2D eigenvalue weighted by Gasteiger charge is -2.01. The van der Waals surface area contributed by atoms with Gasteiger partial charge in [-0.25, -0.2) is 0 Å². The van der Waals surface area contributed by atoms with E-state index < -0.39 is 0 Å². The maximum atomic E-state index is 5.73. The van der Waals surface area contributed by atoms with E-state index in [2.05, 4.69) is 18.2 Å². The van der Waals surface area contributed by atoms with Gasteiger partial charge in [-0.1, -0.05) is 42.5 Å². The quantitative estimate of drug-likeness (QED) is 0.747. The summed E-state index contributed by atoms with van der Waals surface area (Å²) in [6, 6.07) is 18.4. The van der Waals surface area contributed by atoms with Gasteiger partial charge in [-0.2, -0.15) is 0 Å². The standard InChI is InChI=1S/C15H14O2/c1-16-13-9-5-8-12(10-13)15-14(17-15)11-6-3-2-4-7-11/h2-10,14-15H,1H3/t14-,15-/m0/s1. The van der Waals surface area contributed by atoms with Crippen LogP contribution in [0.5, 0.6) is 5.75 Å². The fourth-order valence-electron chi connectivity index (χ4n) is 2.08. The van der Waals surface area contributed by atoms with E-state index in [0.29, 0.717) is 0 Å². The predicted molar refractivity (Wildman–Crippen MR) is 66.0 cm³/mol. The summed E-state index contributed by atoms with van der Waals surface area (Å²) in [5, 5.41) is 0. The molecule has 0 unspecified atom stereocenters. The Morgan fingerprint density at radius 1 is 0.882 bits per heavy atom. The highest BCUT2D eigenvalue weighted by atomic mass is 16.6. The molecule has 17 heavy (non-hydrogen) atoms. The molecule has 2 nitrogen and oxygen atoms in total. The molecule has 0 N–H and O–H groups in total. The van der Waals surface area contributed by atoms with Crippen LogP contribution in [0.4, 0.5) is 0 Å². The van der Waals surface area contributed by atoms with Gasteiger partial charge in [0.15, 0.2) is 0 Å². The van der Waals surface area contributed by atoms with Gasteiger partial charge in [-0.15, -0.1) is 0 Å². The van der Waals surface area contributed by atoms with Gasteiger partial charge >= 0.3 is 0 Å². The summed E-state index contributed by atoms with van der Waals surface area (Å²) < 4.78 is 11.0. The van der Waals surface area contributed by atoms with Crippen LogP contribution < -0.4 is 4.74 Å². The first-order valence-electron chi connectivity index (χ1n) is 5.73. The lowest BCUT2D eigenvalue weighted by atomic mass is 10.0. The van der Waals surface area contributed by atoms with Crippen LogP contribution in [0.2, 0.25) is 0 Å². The van der Waals surface area contributed by atoms with Crippen molar-refractivity contribution < 1.29 is 9.47 Å². The maximum Gasteiger partial charge on any atom is 0.119 e. The van der Waals surface area contributed by atoms with Gasteiger partial charge in [0, 0.05) is 0 Å². The zero-order valence-corrected chi connectivity index (χ0v) is 9.67. The van der Waals surface area contributed by atoms with E-state index in [1.165, 1.54) is 11.1 Å². The molecule has 2 atom stereocenters. The van der Waals surface area contributed by atoms with Gasteiger partial charge < -0.3 is 9.47 Å². The summed E-state index contributed by atoms with van der Waals surface area (Å²) in [5.41, 5.74) is 2.42. The number of benzene rings is 2. The maximum absolute atomic E-state index is 5.73. The Bertz CT molecular complexity index is 507. The Morgan fingerprint density at radius 3 is 2.35 bits per heavy atom. The van der Waals surface area contributed by atoms with Crippen LogP contribution in [0.15, 0.2) is 54.6 Å². The smallest absolute Gasteiger partial charge is 0.119 e. The number of epoxide rings is 1. The molecule has 0 amide bonds. The van der Waals surface area contributed by atoms with E-state index in [-0.39, 0.29) is 12.2 Å². The van der Waals surface area contributed by atoms with Crippen LogP contribution in [0.25, 0.3) is 0 Å². The van der Waals surface area contributed by atoms with Crippen molar-refractivity contribution in [3.8, 4) is 5.75 Å². The average Bonchev–Trinajstić information content (AvgIpc) is 3.20. The third-order valence-electron chi connectivity index (χ3n) is 3.04. The Hall–Kier alpha value is -1.80. The van der Waals surface area contributed by atoms with Gasteiger partial charge in [-0.3, -0.25) is 0 Å². The minimum absolute atomic E-state index is 0.174. The molecule has 0 aliphatic carbocycles. The molecule has 0 radical (unpaired) electrons. The van der Waals surface area contributed by atoms with Gasteiger partial charge in [0.1, 0.15) is 18.0 Å². The lowest BCUT2D eigenvalue weighted by Crippen LogP contribution is -1.87. The third kappa shape index (κ3) is 2.04. The van der Waals surface area contributed by atoms with Gasteiger partial charge in [0.2, 0.25) is 0 Å². The number of methoxy groups -OCH3 is 1. The Labute approximate surface area is 101 Å². The molecule has 0 aromatic heterocycles. The van der Waals surface area contributed by atoms with E-state index >= 15 is 0 Å². The SMILES string of the molecule is COc1cccc([C@@H]2O[C@H]2c2ccccc2)c1. The van der Waals surface area contributed by atoms with Gasteiger partial charge in [0.05, 0.1) is 7.11 Å². The zero-order valence-electron chi connectivity index (χ0n) is 9.67. The predicted octanol–water partition coefficient (Wildman–Crippen LogP) is 3.51. The number of hydrogen-bond acceptors (Lipinski definition) is 2. The van der Waals surface area contributed by atoms with Crippen molar-refractivity contribution in [2.75, 3.05) is 7.11 Å². The minimum atomic E-state index is 0.174. The van der Waals surface area contributed by atoms with Crippen LogP contribution >= 0.6 is 0 Å². The van der Waals surface area contributed by atoms with Crippen molar-refractivity contribution in [1.82, 2.24) is 0 Å². The van der Waals surface area contributed by atoms with Crippen molar-refractivity contribution in [2.45, 2.75) is 12.2 Å². The summed E-state index contributed by atoms with van der Waals surface area (Å²) in [5.74, 6) is 0.879. The van der Waals surface area contributed by atoms with Crippen LogP contribution in [-0.4, -0.2) is 7.11 Å². The van der Waals surface area contributed by atoms with Crippen LogP contribution in [-0.2, 0) is 4.74 Å². The second kappa shape index (κ2) is 4.22. The summed E-state index contributed by atoms with van der Waals surface area (Å²) in [6.45, 7) is 0. The molecule has 1 aliphatic heterocycles. The second-order valence-electron chi connectivity index (χ2n) is 4.16. The Morgan fingerprint density at radius 2 is 1.59 bits per heavy atom.